The van der Waals surface area contributed by atoms with Gasteiger partial charge >= 0.3 is 0 Å². The van der Waals surface area contributed by atoms with E-state index in [4.69, 9.17) is 0 Å². The van der Waals surface area contributed by atoms with Crippen molar-refractivity contribution in [2.24, 2.45) is 0 Å². The van der Waals surface area contributed by atoms with Gasteiger partial charge in [0, 0.05) is 5.69 Å². The molecule has 1 heterocycles. The number of amides is 3. The van der Waals surface area contributed by atoms with Gasteiger partial charge in [0.2, 0.25) is 5.91 Å². The van der Waals surface area contributed by atoms with Crippen molar-refractivity contribution < 1.29 is 14.4 Å². The number of carbonyl (C=O) groups excluding carboxylic acids is 3. The zero-order valence-corrected chi connectivity index (χ0v) is 13.6. The van der Waals surface area contributed by atoms with Crippen molar-refractivity contribution in [1.82, 2.24) is 4.90 Å². The van der Waals surface area contributed by atoms with E-state index in [-0.39, 0.29) is 5.91 Å². The van der Waals surface area contributed by atoms with E-state index in [1.807, 2.05) is 19.1 Å². The van der Waals surface area contributed by atoms with Gasteiger partial charge < -0.3 is 5.32 Å². The molecule has 5 heteroatoms. The summed E-state index contributed by atoms with van der Waals surface area (Å²) in [5, 5.41) is 2.78. The molecule has 1 N–H and O–H groups in total. The maximum atomic E-state index is 12.6. The van der Waals surface area contributed by atoms with Crippen LogP contribution in [0.2, 0.25) is 0 Å². The van der Waals surface area contributed by atoms with E-state index in [1.54, 1.807) is 43.3 Å². The number of anilines is 1. The topological polar surface area (TPSA) is 66.5 Å². The summed E-state index contributed by atoms with van der Waals surface area (Å²) in [4.78, 5) is 38.7. The number of rotatable bonds is 4. The second-order valence-corrected chi connectivity index (χ2v) is 5.81. The summed E-state index contributed by atoms with van der Waals surface area (Å²) >= 11 is 0. The largest absolute Gasteiger partial charge is 0.324 e. The van der Waals surface area contributed by atoms with Crippen molar-refractivity contribution >= 4 is 23.4 Å². The highest BCUT2D eigenvalue weighted by Gasteiger charge is 2.41. The molecular weight excluding hydrogens is 304 g/mol. The molecule has 1 aliphatic heterocycles. The molecule has 0 spiro atoms. The fraction of sp³-hybridized carbons (Fsp3) is 0.211. The number of aryl methyl sites for hydroxylation is 1. The zero-order chi connectivity index (χ0) is 17.3. The Morgan fingerprint density at radius 1 is 1.00 bits per heavy atom. The Bertz CT molecular complexity index is 777. The van der Waals surface area contributed by atoms with E-state index >= 15 is 0 Å². The lowest BCUT2D eigenvalue weighted by molar-refractivity contribution is -0.120. The minimum Gasteiger partial charge on any atom is -0.324 e. The molecule has 0 saturated carbocycles. The van der Waals surface area contributed by atoms with Crippen LogP contribution in [0.25, 0.3) is 0 Å². The van der Waals surface area contributed by atoms with Crippen LogP contribution >= 0.6 is 0 Å². The van der Waals surface area contributed by atoms with Crippen LogP contribution in [0.1, 0.15) is 39.6 Å². The molecule has 0 aliphatic carbocycles. The summed E-state index contributed by atoms with van der Waals surface area (Å²) in [6.07, 6.45) is 0.350. The summed E-state index contributed by atoms with van der Waals surface area (Å²) in [5.74, 6) is -1.20. The van der Waals surface area contributed by atoms with Gasteiger partial charge in [-0.25, -0.2) is 0 Å². The van der Waals surface area contributed by atoms with Crippen molar-refractivity contribution in [3.05, 3.63) is 65.2 Å². The third-order valence-corrected chi connectivity index (χ3v) is 4.15. The molecule has 122 valence electrons. The summed E-state index contributed by atoms with van der Waals surface area (Å²) in [6, 6.07) is 13.2. The highest BCUT2D eigenvalue weighted by atomic mass is 16.2. The fourth-order valence-corrected chi connectivity index (χ4v) is 2.84. The van der Waals surface area contributed by atoms with Crippen LogP contribution in [0, 0.1) is 6.92 Å². The molecule has 0 radical (unpaired) electrons. The van der Waals surface area contributed by atoms with Gasteiger partial charge in [-0.15, -0.1) is 0 Å². The van der Waals surface area contributed by atoms with Crippen LogP contribution < -0.4 is 5.32 Å². The van der Waals surface area contributed by atoms with E-state index < -0.39 is 17.9 Å². The normalized spacial score (nSPS) is 14.5. The molecular formula is C19H18N2O3. The molecule has 5 nitrogen and oxygen atoms in total. The molecule has 2 aromatic rings. The molecule has 2 aromatic carbocycles. The van der Waals surface area contributed by atoms with Gasteiger partial charge in [-0.1, -0.05) is 36.8 Å². The van der Waals surface area contributed by atoms with Crippen molar-refractivity contribution in [3.63, 3.8) is 0 Å². The predicted molar refractivity (Wildman–Crippen MR) is 90.8 cm³/mol. The Hall–Kier alpha value is -2.95. The first-order valence-electron chi connectivity index (χ1n) is 7.87. The van der Waals surface area contributed by atoms with Gasteiger partial charge in [0.15, 0.2) is 0 Å². The Morgan fingerprint density at radius 3 is 2.04 bits per heavy atom. The van der Waals surface area contributed by atoms with Gasteiger partial charge in [0.1, 0.15) is 6.04 Å². The molecule has 3 rings (SSSR count). The smallest absolute Gasteiger partial charge is 0.262 e. The number of hydrogen-bond donors (Lipinski definition) is 1. The maximum Gasteiger partial charge on any atom is 0.262 e. The van der Waals surface area contributed by atoms with Crippen molar-refractivity contribution in [1.29, 1.82) is 0 Å². The number of hydrogen-bond acceptors (Lipinski definition) is 3. The number of nitrogens with zero attached hydrogens (tertiary/aromatic N) is 1. The van der Waals surface area contributed by atoms with E-state index in [0.29, 0.717) is 23.2 Å². The lowest BCUT2D eigenvalue weighted by atomic mass is 10.1. The van der Waals surface area contributed by atoms with Crippen LogP contribution in [-0.4, -0.2) is 28.7 Å². The van der Waals surface area contributed by atoms with Crippen molar-refractivity contribution in [2.75, 3.05) is 5.32 Å². The minimum atomic E-state index is -0.835. The Morgan fingerprint density at radius 2 is 1.54 bits per heavy atom. The van der Waals surface area contributed by atoms with Crippen LogP contribution in [0.3, 0.4) is 0 Å². The molecule has 1 aliphatic rings. The molecule has 3 amide bonds. The number of benzene rings is 2. The first-order valence-corrected chi connectivity index (χ1v) is 7.87. The number of imide groups is 1. The maximum absolute atomic E-state index is 12.6. The summed E-state index contributed by atoms with van der Waals surface area (Å²) in [7, 11) is 0. The van der Waals surface area contributed by atoms with Gasteiger partial charge in [-0.05, 0) is 37.6 Å². The fourth-order valence-electron chi connectivity index (χ4n) is 2.84. The Kier molecular flexibility index (Phi) is 4.16. The molecule has 1 atom stereocenters. The zero-order valence-electron chi connectivity index (χ0n) is 13.6. The molecule has 0 unspecified atom stereocenters. The second-order valence-electron chi connectivity index (χ2n) is 5.81. The first kappa shape index (κ1) is 15.9. The highest BCUT2D eigenvalue weighted by molar-refractivity contribution is 6.23. The molecule has 0 saturated heterocycles. The Labute approximate surface area is 140 Å². The molecule has 0 bridgehead atoms. The second kappa shape index (κ2) is 6.28. The van der Waals surface area contributed by atoms with Crippen molar-refractivity contribution in [2.45, 2.75) is 26.3 Å². The van der Waals surface area contributed by atoms with Crippen LogP contribution in [-0.2, 0) is 4.79 Å². The van der Waals surface area contributed by atoms with E-state index in [0.717, 1.165) is 10.5 Å². The molecule has 0 fully saturated rings. The SMILES string of the molecule is CC[C@@H](C(=O)Nc1ccc(C)cc1)N1C(=O)c2ccccc2C1=O. The van der Waals surface area contributed by atoms with Crippen LogP contribution in [0.5, 0.6) is 0 Å². The quantitative estimate of drug-likeness (QED) is 0.880. The van der Waals surface area contributed by atoms with Gasteiger partial charge in [-0.2, -0.15) is 0 Å². The van der Waals surface area contributed by atoms with Crippen LogP contribution in [0.4, 0.5) is 5.69 Å². The molecule has 0 aromatic heterocycles. The van der Waals surface area contributed by atoms with Gasteiger partial charge in [0.25, 0.3) is 11.8 Å². The lowest BCUT2D eigenvalue weighted by Crippen LogP contribution is -2.46. The van der Waals surface area contributed by atoms with Crippen molar-refractivity contribution in [3.8, 4) is 0 Å². The first-order chi connectivity index (χ1) is 11.5. The van der Waals surface area contributed by atoms with E-state index in [9.17, 15) is 14.4 Å². The standard InChI is InChI=1S/C19H18N2O3/c1-3-16(17(22)20-13-10-8-12(2)9-11-13)21-18(23)14-6-4-5-7-15(14)19(21)24/h4-11,16H,3H2,1-2H3,(H,20,22)/t16-/m0/s1. The average molecular weight is 322 g/mol. The number of nitrogens with one attached hydrogen (secondary N) is 1. The third kappa shape index (κ3) is 2.69. The number of fused-ring (bicyclic) bond motifs is 1. The summed E-state index contributed by atoms with van der Waals surface area (Å²) in [5.41, 5.74) is 2.43. The molecule has 24 heavy (non-hydrogen) atoms. The van der Waals surface area contributed by atoms with Gasteiger partial charge in [0.05, 0.1) is 11.1 Å². The van der Waals surface area contributed by atoms with Crippen LogP contribution in [0.15, 0.2) is 48.5 Å². The van der Waals surface area contributed by atoms with E-state index in [1.165, 1.54) is 0 Å². The summed E-state index contributed by atoms with van der Waals surface area (Å²) in [6.45, 7) is 3.74. The number of carbonyl (C=O) groups is 3. The van der Waals surface area contributed by atoms with Gasteiger partial charge in [-0.3, -0.25) is 19.3 Å². The lowest BCUT2D eigenvalue weighted by Gasteiger charge is -2.24. The monoisotopic (exact) mass is 322 g/mol. The average Bonchev–Trinajstić information content (AvgIpc) is 2.83. The Balaban J connectivity index is 1.84. The van der Waals surface area contributed by atoms with E-state index in [2.05, 4.69) is 5.32 Å². The predicted octanol–water partition coefficient (Wildman–Crippen LogP) is 3.01. The minimum absolute atomic E-state index is 0.350. The summed E-state index contributed by atoms with van der Waals surface area (Å²) < 4.78 is 0. The third-order valence-electron chi connectivity index (χ3n) is 4.15. The highest BCUT2D eigenvalue weighted by Crippen LogP contribution is 2.26.